The summed E-state index contributed by atoms with van der Waals surface area (Å²) in [6, 6.07) is 10.6. The van der Waals surface area contributed by atoms with Gasteiger partial charge in [-0.3, -0.25) is 14.9 Å². The monoisotopic (exact) mass is 454 g/mol. The van der Waals surface area contributed by atoms with Crippen molar-refractivity contribution in [3.63, 3.8) is 0 Å². The molecule has 3 rings (SSSR count). The number of hydrogen-bond donors (Lipinski definition) is 1. The number of amides is 4. The Morgan fingerprint density at radius 2 is 1.86 bits per heavy atom. The number of carbonyl (C=O) groups is 3. The van der Waals surface area contributed by atoms with Crippen LogP contribution >= 0.6 is 15.9 Å². The summed E-state index contributed by atoms with van der Waals surface area (Å²) in [6.45, 7) is 0.0714. The Labute approximate surface area is 175 Å². The lowest BCUT2D eigenvalue weighted by Gasteiger charge is -2.26. The van der Waals surface area contributed by atoms with Crippen molar-refractivity contribution in [1.29, 1.82) is 0 Å². The second kappa shape index (κ2) is 8.63. The number of terminal acetylenes is 1. The maximum atomic E-state index is 12.9. The largest absolute Gasteiger partial charge is 0.493 e. The molecule has 1 aliphatic rings. The summed E-state index contributed by atoms with van der Waals surface area (Å²) in [6.07, 6.45) is 6.57. The molecule has 0 aromatic heterocycles. The Bertz CT molecular complexity index is 1050. The van der Waals surface area contributed by atoms with Crippen LogP contribution in [-0.4, -0.2) is 31.6 Å². The van der Waals surface area contributed by atoms with Crippen LogP contribution in [0.5, 0.6) is 11.5 Å². The lowest BCUT2D eigenvalue weighted by atomic mass is 10.1. The molecule has 146 valence electrons. The number of urea groups is 1. The Kier molecular flexibility index (Phi) is 6.00. The van der Waals surface area contributed by atoms with Crippen LogP contribution in [0, 0.1) is 12.3 Å². The second-order valence-corrected chi connectivity index (χ2v) is 6.75. The third kappa shape index (κ3) is 4.31. The fraction of sp³-hybridized carbons (Fsp3) is 0.0952. The number of hydrogen-bond acceptors (Lipinski definition) is 5. The second-order valence-electron chi connectivity index (χ2n) is 5.84. The number of carbonyl (C=O) groups excluding carboxylic acids is 3. The zero-order valence-corrected chi connectivity index (χ0v) is 16.9. The lowest BCUT2D eigenvalue weighted by Crippen LogP contribution is -2.54. The minimum atomic E-state index is -0.810. The van der Waals surface area contributed by atoms with Crippen molar-refractivity contribution in [3.05, 3.63) is 58.1 Å². The number of benzene rings is 2. The summed E-state index contributed by atoms with van der Waals surface area (Å²) >= 11 is 3.30. The topological polar surface area (TPSA) is 84.9 Å². The number of anilines is 1. The van der Waals surface area contributed by atoms with Crippen molar-refractivity contribution in [2.24, 2.45) is 0 Å². The molecule has 0 bridgehead atoms. The first-order chi connectivity index (χ1) is 13.9. The Morgan fingerprint density at radius 3 is 2.52 bits per heavy atom. The van der Waals surface area contributed by atoms with Crippen molar-refractivity contribution >= 4 is 45.5 Å². The Hall–Kier alpha value is -3.57. The van der Waals surface area contributed by atoms with E-state index >= 15 is 0 Å². The first kappa shape index (κ1) is 20.2. The maximum Gasteiger partial charge on any atom is 0.335 e. The van der Waals surface area contributed by atoms with Crippen molar-refractivity contribution in [1.82, 2.24) is 5.32 Å². The number of nitrogens with zero attached hydrogens (tertiary/aromatic N) is 1. The summed E-state index contributed by atoms with van der Waals surface area (Å²) in [5.74, 6) is 1.67. The third-order valence-electron chi connectivity index (χ3n) is 4.00. The molecule has 0 radical (unpaired) electrons. The average Bonchev–Trinajstić information content (AvgIpc) is 2.71. The van der Waals surface area contributed by atoms with E-state index in [0.717, 1.165) is 9.37 Å². The van der Waals surface area contributed by atoms with Crippen LogP contribution < -0.4 is 19.7 Å². The van der Waals surface area contributed by atoms with Gasteiger partial charge < -0.3 is 9.47 Å². The van der Waals surface area contributed by atoms with Gasteiger partial charge in [-0.25, -0.2) is 9.69 Å². The van der Waals surface area contributed by atoms with E-state index < -0.39 is 17.8 Å². The number of nitrogens with one attached hydrogen (secondary N) is 1. The summed E-state index contributed by atoms with van der Waals surface area (Å²) in [7, 11) is 1.46. The van der Waals surface area contributed by atoms with Crippen LogP contribution in [0.1, 0.15) is 5.56 Å². The van der Waals surface area contributed by atoms with Crippen LogP contribution in [0.25, 0.3) is 6.08 Å². The third-order valence-corrected chi connectivity index (χ3v) is 4.52. The predicted octanol–water partition coefficient (Wildman–Crippen LogP) is 3.14. The van der Waals surface area contributed by atoms with Gasteiger partial charge in [-0.15, -0.1) is 6.42 Å². The fourth-order valence-corrected chi connectivity index (χ4v) is 2.93. The first-order valence-electron chi connectivity index (χ1n) is 8.36. The molecule has 2 aromatic carbocycles. The Balaban J connectivity index is 1.96. The fourth-order valence-electron chi connectivity index (χ4n) is 2.66. The number of methoxy groups -OCH3 is 1. The van der Waals surface area contributed by atoms with Gasteiger partial charge in [-0.1, -0.05) is 27.9 Å². The van der Waals surface area contributed by atoms with Crippen molar-refractivity contribution in [2.75, 3.05) is 18.6 Å². The molecular weight excluding hydrogens is 440 g/mol. The lowest BCUT2D eigenvalue weighted by molar-refractivity contribution is -0.122. The number of rotatable bonds is 5. The van der Waals surface area contributed by atoms with E-state index in [-0.39, 0.29) is 12.2 Å². The molecule has 1 fully saturated rings. The van der Waals surface area contributed by atoms with Gasteiger partial charge in [0.1, 0.15) is 12.2 Å². The quantitative estimate of drug-likeness (QED) is 0.426. The molecule has 0 aliphatic carbocycles. The zero-order chi connectivity index (χ0) is 21.0. The van der Waals surface area contributed by atoms with E-state index in [0.29, 0.717) is 22.7 Å². The van der Waals surface area contributed by atoms with Gasteiger partial charge in [0.15, 0.2) is 11.5 Å². The van der Waals surface area contributed by atoms with Gasteiger partial charge in [-0.2, -0.15) is 0 Å². The number of halogens is 1. The molecule has 0 unspecified atom stereocenters. The maximum absolute atomic E-state index is 12.9. The molecule has 7 nitrogen and oxygen atoms in total. The van der Waals surface area contributed by atoms with Crippen molar-refractivity contribution < 1.29 is 23.9 Å². The van der Waals surface area contributed by atoms with Gasteiger partial charge in [0.05, 0.1) is 12.8 Å². The molecule has 2 aromatic rings. The van der Waals surface area contributed by atoms with Gasteiger partial charge >= 0.3 is 6.03 Å². The van der Waals surface area contributed by atoms with Crippen LogP contribution in [-0.2, 0) is 9.59 Å². The molecule has 1 heterocycles. The average molecular weight is 455 g/mol. The van der Waals surface area contributed by atoms with E-state index in [1.807, 2.05) is 0 Å². The van der Waals surface area contributed by atoms with E-state index in [9.17, 15) is 14.4 Å². The molecule has 8 heteroatoms. The van der Waals surface area contributed by atoms with Gasteiger partial charge in [0, 0.05) is 4.47 Å². The molecule has 1 saturated heterocycles. The minimum absolute atomic E-state index is 0.0714. The summed E-state index contributed by atoms with van der Waals surface area (Å²) in [5.41, 5.74) is 0.662. The van der Waals surface area contributed by atoms with Gasteiger partial charge in [0.25, 0.3) is 11.8 Å². The highest BCUT2D eigenvalue weighted by molar-refractivity contribution is 9.10. The number of barbiturate groups is 1. The predicted molar refractivity (Wildman–Crippen MR) is 110 cm³/mol. The molecule has 1 aliphatic heterocycles. The highest BCUT2D eigenvalue weighted by Gasteiger charge is 2.36. The molecule has 4 amide bonds. The standard InChI is InChI=1S/C21H15BrN2O5/c1-3-10-29-17-9-4-13(12-18(17)28-2)11-16-19(25)23-21(27)24(20(16)26)15-7-5-14(22)6-8-15/h1,4-9,11-12H,10H2,2H3,(H,23,25,27)/b16-11+. The summed E-state index contributed by atoms with van der Waals surface area (Å²) in [5, 5.41) is 2.18. The van der Waals surface area contributed by atoms with Crippen LogP contribution in [0.4, 0.5) is 10.5 Å². The molecule has 29 heavy (non-hydrogen) atoms. The number of imide groups is 2. The van der Waals surface area contributed by atoms with Crippen LogP contribution in [0.3, 0.4) is 0 Å². The molecule has 0 spiro atoms. The smallest absolute Gasteiger partial charge is 0.335 e. The SMILES string of the molecule is C#CCOc1ccc(/C=C2\C(=O)NC(=O)N(c3ccc(Br)cc3)C2=O)cc1OC. The van der Waals surface area contributed by atoms with Gasteiger partial charge in [0.2, 0.25) is 0 Å². The minimum Gasteiger partial charge on any atom is -0.493 e. The number of ether oxygens (including phenoxy) is 2. The van der Waals surface area contributed by atoms with E-state index in [1.54, 1.807) is 42.5 Å². The van der Waals surface area contributed by atoms with E-state index in [2.05, 4.69) is 27.2 Å². The van der Waals surface area contributed by atoms with E-state index in [4.69, 9.17) is 15.9 Å². The molecule has 0 atom stereocenters. The zero-order valence-electron chi connectivity index (χ0n) is 15.3. The summed E-state index contributed by atoms with van der Waals surface area (Å²) < 4.78 is 11.4. The summed E-state index contributed by atoms with van der Waals surface area (Å²) in [4.78, 5) is 38.3. The van der Waals surface area contributed by atoms with E-state index in [1.165, 1.54) is 13.2 Å². The first-order valence-corrected chi connectivity index (χ1v) is 9.15. The molecule has 1 N–H and O–H groups in total. The molecular formula is C21H15BrN2O5. The van der Waals surface area contributed by atoms with Crippen molar-refractivity contribution in [3.8, 4) is 23.8 Å². The van der Waals surface area contributed by atoms with Crippen molar-refractivity contribution in [2.45, 2.75) is 0 Å². The Morgan fingerprint density at radius 1 is 1.14 bits per heavy atom. The van der Waals surface area contributed by atoms with Gasteiger partial charge in [-0.05, 0) is 48.0 Å². The van der Waals surface area contributed by atoms with Crippen LogP contribution in [0.15, 0.2) is 52.5 Å². The normalized spacial score (nSPS) is 15.1. The highest BCUT2D eigenvalue weighted by Crippen LogP contribution is 2.30. The van der Waals surface area contributed by atoms with Crippen LogP contribution in [0.2, 0.25) is 0 Å². The highest BCUT2D eigenvalue weighted by atomic mass is 79.9. The molecule has 0 saturated carbocycles.